The van der Waals surface area contributed by atoms with Gasteiger partial charge in [-0.25, -0.2) is 4.98 Å². The van der Waals surface area contributed by atoms with Gasteiger partial charge in [0.1, 0.15) is 5.82 Å². The molecule has 0 saturated heterocycles. The summed E-state index contributed by atoms with van der Waals surface area (Å²) < 4.78 is 0. The van der Waals surface area contributed by atoms with E-state index in [9.17, 15) is 5.11 Å². The first kappa shape index (κ1) is 14.1. The number of rotatable bonds is 6. The molecule has 1 fully saturated rings. The monoisotopic (exact) mass is 264 g/mol. The number of aromatic nitrogens is 2. The normalized spacial score (nSPS) is 22.5. The molecule has 0 spiro atoms. The standard InChI is InChI=1S/C14H24N4O/c1-3-7-15-14-17-8-10(2)13(18-14)16-9-11-5-4-6-12(11)19/h8,11-12,19H,3-7,9H2,1-2H3,(H2,15,16,17,18). The Balaban J connectivity index is 1.94. The predicted octanol–water partition coefficient (Wildman–Crippen LogP) is 2.18. The van der Waals surface area contributed by atoms with Gasteiger partial charge in [0.2, 0.25) is 5.95 Å². The van der Waals surface area contributed by atoms with Crippen molar-refractivity contribution >= 4 is 11.8 Å². The van der Waals surface area contributed by atoms with Crippen LogP contribution in [-0.2, 0) is 0 Å². The molecule has 0 radical (unpaired) electrons. The highest BCUT2D eigenvalue weighted by Gasteiger charge is 2.24. The SMILES string of the molecule is CCCNc1ncc(C)c(NCC2CCCC2O)n1. The first-order valence-corrected chi connectivity index (χ1v) is 7.20. The molecule has 0 aromatic carbocycles. The highest BCUT2D eigenvalue weighted by atomic mass is 16.3. The second-order valence-corrected chi connectivity index (χ2v) is 5.29. The predicted molar refractivity (Wildman–Crippen MR) is 77.4 cm³/mol. The van der Waals surface area contributed by atoms with Crippen molar-refractivity contribution in [3.63, 3.8) is 0 Å². The zero-order valence-corrected chi connectivity index (χ0v) is 11.8. The van der Waals surface area contributed by atoms with Gasteiger partial charge in [0, 0.05) is 30.8 Å². The lowest BCUT2D eigenvalue weighted by Gasteiger charge is -2.17. The highest BCUT2D eigenvalue weighted by Crippen LogP contribution is 2.26. The molecule has 5 heteroatoms. The van der Waals surface area contributed by atoms with Gasteiger partial charge in [-0.15, -0.1) is 0 Å². The van der Waals surface area contributed by atoms with Gasteiger partial charge in [0.15, 0.2) is 0 Å². The summed E-state index contributed by atoms with van der Waals surface area (Å²) in [5, 5.41) is 16.4. The second-order valence-electron chi connectivity index (χ2n) is 5.29. The minimum Gasteiger partial charge on any atom is -0.393 e. The largest absolute Gasteiger partial charge is 0.393 e. The van der Waals surface area contributed by atoms with E-state index in [0.29, 0.717) is 11.9 Å². The van der Waals surface area contributed by atoms with Gasteiger partial charge in [-0.1, -0.05) is 13.3 Å². The third kappa shape index (κ3) is 3.80. The van der Waals surface area contributed by atoms with Crippen molar-refractivity contribution in [3.8, 4) is 0 Å². The molecule has 0 amide bonds. The minimum atomic E-state index is -0.160. The van der Waals surface area contributed by atoms with Gasteiger partial charge in [-0.2, -0.15) is 4.98 Å². The number of aliphatic hydroxyl groups is 1. The maximum Gasteiger partial charge on any atom is 0.224 e. The fourth-order valence-corrected chi connectivity index (χ4v) is 2.43. The molecule has 3 N–H and O–H groups in total. The lowest BCUT2D eigenvalue weighted by atomic mass is 10.1. The molecule has 2 rings (SSSR count). The van der Waals surface area contributed by atoms with E-state index in [1.54, 1.807) is 0 Å². The number of hydrogen-bond acceptors (Lipinski definition) is 5. The summed E-state index contributed by atoms with van der Waals surface area (Å²) >= 11 is 0. The molecule has 1 heterocycles. The Kier molecular flexibility index (Phi) is 4.96. The maximum absolute atomic E-state index is 9.82. The Hall–Kier alpha value is -1.36. The molecule has 106 valence electrons. The van der Waals surface area contributed by atoms with Gasteiger partial charge in [-0.05, 0) is 26.2 Å². The topological polar surface area (TPSA) is 70.1 Å². The zero-order chi connectivity index (χ0) is 13.7. The molecule has 2 unspecified atom stereocenters. The molecule has 2 atom stereocenters. The quantitative estimate of drug-likeness (QED) is 0.734. The van der Waals surface area contributed by atoms with Crippen molar-refractivity contribution in [3.05, 3.63) is 11.8 Å². The van der Waals surface area contributed by atoms with Crippen LogP contribution in [0.2, 0.25) is 0 Å². The van der Waals surface area contributed by atoms with E-state index in [4.69, 9.17) is 0 Å². The molecular weight excluding hydrogens is 240 g/mol. The van der Waals surface area contributed by atoms with Gasteiger partial charge in [0.25, 0.3) is 0 Å². The van der Waals surface area contributed by atoms with Crippen LogP contribution in [0.1, 0.15) is 38.2 Å². The number of nitrogens with zero attached hydrogens (tertiary/aromatic N) is 2. The van der Waals surface area contributed by atoms with Crippen molar-refractivity contribution in [2.45, 2.75) is 45.6 Å². The molecule has 1 aromatic heterocycles. The Bertz CT molecular complexity index is 410. The average molecular weight is 264 g/mol. The van der Waals surface area contributed by atoms with Crippen molar-refractivity contribution in [2.75, 3.05) is 23.7 Å². The maximum atomic E-state index is 9.82. The number of hydrogen-bond donors (Lipinski definition) is 3. The summed E-state index contributed by atoms with van der Waals surface area (Å²) in [7, 11) is 0. The molecule has 5 nitrogen and oxygen atoms in total. The number of aliphatic hydroxyl groups excluding tert-OH is 1. The zero-order valence-electron chi connectivity index (χ0n) is 11.8. The van der Waals surface area contributed by atoms with Crippen molar-refractivity contribution < 1.29 is 5.11 Å². The van der Waals surface area contributed by atoms with Gasteiger partial charge in [0.05, 0.1) is 6.10 Å². The second kappa shape index (κ2) is 6.70. The molecular formula is C14H24N4O. The lowest BCUT2D eigenvalue weighted by Crippen LogP contribution is -2.22. The Morgan fingerprint density at radius 3 is 2.89 bits per heavy atom. The summed E-state index contributed by atoms with van der Waals surface area (Å²) in [6.45, 7) is 5.77. The molecule has 1 aromatic rings. The minimum absolute atomic E-state index is 0.160. The molecule has 0 bridgehead atoms. The molecule has 1 aliphatic carbocycles. The number of anilines is 2. The van der Waals surface area contributed by atoms with Crippen molar-refractivity contribution in [1.82, 2.24) is 9.97 Å². The fourth-order valence-electron chi connectivity index (χ4n) is 2.43. The van der Waals surface area contributed by atoms with E-state index in [1.165, 1.54) is 0 Å². The summed E-state index contributed by atoms with van der Waals surface area (Å²) in [5.41, 5.74) is 1.04. The summed E-state index contributed by atoms with van der Waals surface area (Å²) in [6.07, 6.45) is 5.87. The number of aryl methyl sites for hydroxylation is 1. The Labute approximate surface area is 114 Å². The first-order chi connectivity index (χ1) is 9.20. The first-order valence-electron chi connectivity index (χ1n) is 7.20. The van der Waals surface area contributed by atoms with E-state index >= 15 is 0 Å². The smallest absolute Gasteiger partial charge is 0.224 e. The summed E-state index contributed by atoms with van der Waals surface area (Å²) in [4.78, 5) is 8.74. The van der Waals surface area contributed by atoms with Crippen LogP contribution in [0.25, 0.3) is 0 Å². The van der Waals surface area contributed by atoms with Crippen LogP contribution >= 0.6 is 0 Å². The van der Waals surface area contributed by atoms with Crippen LogP contribution in [0.3, 0.4) is 0 Å². The third-order valence-electron chi connectivity index (χ3n) is 3.66. The van der Waals surface area contributed by atoms with Gasteiger partial charge in [-0.3, -0.25) is 0 Å². The van der Waals surface area contributed by atoms with E-state index < -0.39 is 0 Å². The van der Waals surface area contributed by atoms with Crippen LogP contribution in [0, 0.1) is 12.8 Å². The van der Waals surface area contributed by atoms with Gasteiger partial charge < -0.3 is 15.7 Å². The average Bonchev–Trinajstić information content (AvgIpc) is 2.82. The van der Waals surface area contributed by atoms with E-state index in [1.807, 2.05) is 13.1 Å². The van der Waals surface area contributed by atoms with E-state index in [0.717, 1.165) is 50.2 Å². The molecule has 0 aliphatic heterocycles. The van der Waals surface area contributed by atoms with Crippen LogP contribution in [0.5, 0.6) is 0 Å². The Morgan fingerprint density at radius 2 is 2.21 bits per heavy atom. The van der Waals surface area contributed by atoms with Crippen LogP contribution in [0.15, 0.2) is 6.20 Å². The third-order valence-corrected chi connectivity index (χ3v) is 3.66. The van der Waals surface area contributed by atoms with E-state index in [-0.39, 0.29) is 6.10 Å². The molecule has 1 saturated carbocycles. The Morgan fingerprint density at radius 1 is 1.37 bits per heavy atom. The van der Waals surface area contributed by atoms with Crippen molar-refractivity contribution in [1.29, 1.82) is 0 Å². The van der Waals surface area contributed by atoms with Gasteiger partial charge >= 0.3 is 0 Å². The summed E-state index contributed by atoms with van der Waals surface area (Å²) in [5.74, 6) is 1.89. The van der Waals surface area contributed by atoms with Crippen LogP contribution in [-0.4, -0.2) is 34.3 Å². The highest BCUT2D eigenvalue weighted by molar-refractivity contribution is 5.46. The van der Waals surface area contributed by atoms with Crippen LogP contribution < -0.4 is 10.6 Å². The number of nitrogens with one attached hydrogen (secondary N) is 2. The molecule has 1 aliphatic rings. The lowest BCUT2D eigenvalue weighted by molar-refractivity contribution is 0.138. The van der Waals surface area contributed by atoms with Crippen molar-refractivity contribution in [2.24, 2.45) is 5.92 Å². The van der Waals surface area contributed by atoms with E-state index in [2.05, 4.69) is 27.5 Å². The summed E-state index contributed by atoms with van der Waals surface area (Å²) in [6, 6.07) is 0. The molecule has 19 heavy (non-hydrogen) atoms. The fraction of sp³-hybridized carbons (Fsp3) is 0.714. The van der Waals surface area contributed by atoms with Crippen LogP contribution in [0.4, 0.5) is 11.8 Å².